The van der Waals surface area contributed by atoms with Crippen LogP contribution in [0.5, 0.6) is 0 Å². The first-order valence-corrected chi connectivity index (χ1v) is 1.98. The maximum Gasteiger partial charge on any atom is 0.190 e. The van der Waals surface area contributed by atoms with E-state index in [9.17, 15) is 0 Å². The van der Waals surface area contributed by atoms with E-state index in [1.807, 2.05) is 0 Å². The van der Waals surface area contributed by atoms with Crippen molar-refractivity contribution in [2.24, 2.45) is 4.99 Å². The molecule has 0 N–H and O–H groups in total. The number of thiocarbonyl (C=S) groups is 1. The van der Waals surface area contributed by atoms with Crippen molar-refractivity contribution in [3.63, 3.8) is 0 Å². The summed E-state index contributed by atoms with van der Waals surface area (Å²) in [5, 5.41) is 0.565. The Hall–Kier alpha value is -0.440. The molecule has 6 heavy (non-hydrogen) atoms. The summed E-state index contributed by atoms with van der Waals surface area (Å²) in [5.74, 6) is 0. The number of ether oxygens (including phenoxy) is 1. The predicted octanol–water partition coefficient (Wildman–Crippen LogP) is 0.372. The zero-order valence-electron chi connectivity index (χ0n) is 3.05. The van der Waals surface area contributed by atoms with Crippen LogP contribution in [0.1, 0.15) is 0 Å². The Labute approximate surface area is 40.8 Å². The van der Waals surface area contributed by atoms with Crippen molar-refractivity contribution >= 4 is 23.7 Å². The molecule has 0 aromatic heterocycles. The van der Waals surface area contributed by atoms with E-state index < -0.39 is 0 Å². The van der Waals surface area contributed by atoms with Crippen molar-refractivity contribution in [2.75, 3.05) is 6.54 Å². The SMILES string of the molecule is S=C1CN=CO1. The zero-order valence-corrected chi connectivity index (χ0v) is 3.86. The molecule has 0 fully saturated rings. The van der Waals surface area contributed by atoms with Gasteiger partial charge in [0.05, 0.1) is 0 Å². The van der Waals surface area contributed by atoms with Crippen LogP contribution in [0.15, 0.2) is 4.99 Å². The van der Waals surface area contributed by atoms with Crippen LogP contribution in [0.25, 0.3) is 0 Å². The molecular formula is C3H3NOS. The van der Waals surface area contributed by atoms with Crippen LogP contribution in [-0.2, 0) is 4.74 Å². The summed E-state index contributed by atoms with van der Waals surface area (Å²) in [5.41, 5.74) is 0. The average molecular weight is 101 g/mol. The normalized spacial score (nSPS) is 18.3. The Bertz CT molecular complexity index is 89.0. The van der Waals surface area contributed by atoms with Crippen LogP contribution in [0.2, 0.25) is 0 Å². The highest BCUT2D eigenvalue weighted by Gasteiger charge is 1.96. The van der Waals surface area contributed by atoms with Gasteiger partial charge in [0.15, 0.2) is 11.5 Å². The molecule has 0 atom stereocenters. The Balaban J connectivity index is 2.52. The molecule has 3 heteroatoms. The molecule has 0 spiro atoms. The van der Waals surface area contributed by atoms with E-state index in [1.165, 1.54) is 6.40 Å². The van der Waals surface area contributed by atoms with Crippen LogP contribution in [-0.4, -0.2) is 18.0 Å². The lowest BCUT2D eigenvalue weighted by atomic mass is 10.7. The fraction of sp³-hybridized carbons (Fsp3) is 0.333. The van der Waals surface area contributed by atoms with Crippen LogP contribution in [0, 0.1) is 0 Å². The molecule has 1 heterocycles. The number of hydrogen-bond acceptors (Lipinski definition) is 3. The summed E-state index contributed by atoms with van der Waals surface area (Å²) in [6.07, 6.45) is 1.36. The number of aliphatic imine (C=N–C) groups is 1. The van der Waals surface area contributed by atoms with Gasteiger partial charge < -0.3 is 4.74 Å². The van der Waals surface area contributed by atoms with Crippen molar-refractivity contribution in [1.29, 1.82) is 0 Å². The van der Waals surface area contributed by atoms with E-state index in [0.29, 0.717) is 11.6 Å². The van der Waals surface area contributed by atoms with Crippen molar-refractivity contribution in [3.05, 3.63) is 0 Å². The third-order valence-corrected chi connectivity index (χ3v) is 0.704. The van der Waals surface area contributed by atoms with Gasteiger partial charge in [-0.25, -0.2) is 4.99 Å². The Kier molecular flexibility index (Phi) is 0.837. The van der Waals surface area contributed by atoms with E-state index in [2.05, 4.69) is 21.9 Å². The first kappa shape index (κ1) is 3.74. The molecular weight excluding hydrogens is 98.1 g/mol. The van der Waals surface area contributed by atoms with Crippen LogP contribution in [0.4, 0.5) is 0 Å². The summed E-state index contributed by atoms with van der Waals surface area (Å²) < 4.78 is 4.59. The van der Waals surface area contributed by atoms with Gasteiger partial charge in [-0.05, 0) is 12.2 Å². The third-order valence-electron chi connectivity index (χ3n) is 0.479. The fourth-order valence-corrected chi connectivity index (χ4v) is 0.363. The molecule has 2 nitrogen and oxygen atoms in total. The molecule has 1 rings (SSSR count). The third kappa shape index (κ3) is 0.542. The van der Waals surface area contributed by atoms with Crippen molar-refractivity contribution in [2.45, 2.75) is 0 Å². The smallest absolute Gasteiger partial charge is 0.190 e. The molecule has 0 saturated carbocycles. The Morgan fingerprint density at radius 2 is 2.83 bits per heavy atom. The van der Waals surface area contributed by atoms with Gasteiger partial charge in [-0.15, -0.1) is 0 Å². The molecule has 1 aliphatic heterocycles. The van der Waals surface area contributed by atoms with Gasteiger partial charge in [-0.3, -0.25) is 0 Å². The van der Waals surface area contributed by atoms with E-state index in [-0.39, 0.29) is 0 Å². The summed E-state index contributed by atoms with van der Waals surface area (Å²) in [6, 6.07) is 0. The highest BCUT2D eigenvalue weighted by Crippen LogP contribution is 1.87. The molecule has 32 valence electrons. The van der Waals surface area contributed by atoms with Gasteiger partial charge in [0, 0.05) is 0 Å². The number of rotatable bonds is 0. The average Bonchev–Trinajstić information content (AvgIpc) is 1.86. The Morgan fingerprint density at radius 1 is 2.00 bits per heavy atom. The molecule has 0 aromatic carbocycles. The minimum atomic E-state index is 0.565. The first-order chi connectivity index (χ1) is 2.89. The van der Waals surface area contributed by atoms with E-state index in [4.69, 9.17) is 0 Å². The van der Waals surface area contributed by atoms with Crippen molar-refractivity contribution in [1.82, 2.24) is 0 Å². The number of nitrogens with zero attached hydrogens (tertiary/aromatic N) is 1. The molecule has 1 aliphatic rings. The molecule has 0 bridgehead atoms. The standard InChI is InChI=1S/C3H3NOS/c6-3-1-4-2-5-3/h2H,1H2. The molecule has 0 unspecified atom stereocenters. The molecule has 0 amide bonds. The van der Waals surface area contributed by atoms with Gasteiger partial charge in [0.2, 0.25) is 0 Å². The van der Waals surface area contributed by atoms with Gasteiger partial charge >= 0.3 is 0 Å². The minimum Gasteiger partial charge on any atom is -0.437 e. The second-order valence-electron chi connectivity index (χ2n) is 0.936. The second-order valence-corrected chi connectivity index (χ2v) is 1.39. The fourth-order valence-electron chi connectivity index (χ4n) is 0.245. The largest absolute Gasteiger partial charge is 0.437 e. The van der Waals surface area contributed by atoms with E-state index >= 15 is 0 Å². The molecule has 0 aromatic rings. The Morgan fingerprint density at radius 3 is 3.00 bits per heavy atom. The summed E-state index contributed by atoms with van der Waals surface area (Å²) in [6.45, 7) is 0.565. The lowest BCUT2D eigenvalue weighted by Crippen LogP contribution is -1.92. The van der Waals surface area contributed by atoms with E-state index in [1.54, 1.807) is 0 Å². The topological polar surface area (TPSA) is 21.6 Å². The highest BCUT2D eigenvalue weighted by molar-refractivity contribution is 7.80. The maximum atomic E-state index is 4.59. The second kappa shape index (κ2) is 1.34. The van der Waals surface area contributed by atoms with Crippen LogP contribution in [0.3, 0.4) is 0 Å². The quantitative estimate of drug-likeness (QED) is 0.411. The van der Waals surface area contributed by atoms with Gasteiger partial charge in [0.25, 0.3) is 0 Å². The maximum absolute atomic E-state index is 4.59. The van der Waals surface area contributed by atoms with Crippen molar-refractivity contribution < 1.29 is 4.74 Å². The van der Waals surface area contributed by atoms with Crippen molar-refractivity contribution in [3.8, 4) is 0 Å². The summed E-state index contributed by atoms with van der Waals surface area (Å²) in [4.78, 5) is 3.68. The summed E-state index contributed by atoms with van der Waals surface area (Å²) >= 11 is 4.57. The lowest BCUT2D eigenvalue weighted by Gasteiger charge is -1.80. The highest BCUT2D eigenvalue weighted by atomic mass is 32.1. The van der Waals surface area contributed by atoms with Crippen LogP contribution < -0.4 is 0 Å². The molecule has 0 saturated heterocycles. The number of hydrogen-bond donors (Lipinski definition) is 0. The molecule has 0 radical (unpaired) electrons. The van der Waals surface area contributed by atoms with E-state index in [0.717, 1.165) is 0 Å². The monoisotopic (exact) mass is 101 g/mol. The first-order valence-electron chi connectivity index (χ1n) is 1.57. The van der Waals surface area contributed by atoms with Gasteiger partial charge in [-0.1, -0.05) is 0 Å². The predicted molar refractivity (Wildman–Crippen MR) is 27.0 cm³/mol. The van der Waals surface area contributed by atoms with Gasteiger partial charge in [-0.2, -0.15) is 0 Å². The van der Waals surface area contributed by atoms with Crippen LogP contribution >= 0.6 is 12.2 Å². The zero-order chi connectivity index (χ0) is 4.41. The van der Waals surface area contributed by atoms with Gasteiger partial charge in [0.1, 0.15) is 6.54 Å². The summed E-state index contributed by atoms with van der Waals surface area (Å²) in [7, 11) is 0. The molecule has 0 aliphatic carbocycles. The lowest BCUT2D eigenvalue weighted by molar-refractivity contribution is 0.599. The minimum absolute atomic E-state index is 0.565.